The van der Waals surface area contributed by atoms with Crippen molar-refractivity contribution in [3.63, 3.8) is 0 Å². The highest BCUT2D eigenvalue weighted by Gasteiger charge is 2.30. The van der Waals surface area contributed by atoms with Crippen molar-refractivity contribution in [3.8, 4) is 0 Å². The first kappa shape index (κ1) is 19.0. The highest BCUT2D eigenvalue weighted by molar-refractivity contribution is 5.85. The Morgan fingerprint density at radius 1 is 1.24 bits per heavy atom. The van der Waals surface area contributed by atoms with E-state index in [4.69, 9.17) is 4.74 Å². The van der Waals surface area contributed by atoms with E-state index in [0.717, 1.165) is 29.8 Å². The molecule has 0 saturated heterocycles. The van der Waals surface area contributed by atoms with Crippen LogP contribution in [0.3, 0.4) is 0 Å². The minimum absolute atomic E-state index is 0.142. The molecular formula is C21H23N5O3. The lowest BCUT2D eigenvalue weighted by molar-refractivity contribution is -0.156. The summed E-state index contributed by atoms with van der Waals surface area (Å²) in [6.07, 6.45) is 3.04. The van der Waals surface area contributed by atoms with Gasteiger partial charge in [0.25, 0.3) is 11.7 Å². The van der Waals surface area contributed by atoms with E-state index >= 15 is 0 Å². The summed E-state index contributed by atoms with van der Waals surface area (Å²) in [7, 11) is 0. The van der Waals surface area contributed by atoms with Crippen LogP contribution in [0.5, 0.6) is 0 Å². The second-order valence-electron chi connectivity index (χ2n) is 7.30. The Morgan fingerprint density at radius 2 is 2.00 bits per heavy atom. The molecule has 1 amide bonds. The van der Waals surface area contributed by atoms with Crippen LogP contribution in [0.15, 0.2) is 36.7 Å². The first-order chi connectivity index (χ1) is 14.0. The normalized spacial score (nSPS) is 14.6. The Balaban J connectivity index is 1.46. The molecule has 2 aromatic heterocycles. The number of nitrogens with one attached hydrogen (secondary N) is 1. The quantitative estimate of drug-likeness (QED) is 0.618. The van der Waals surface area contributed by atoms with E-state index in [1.165, 1.54) is 6.33 Å². The van der Waals surface area contributed by atoms with Crippen LogP contribution in [0, 0.1) is 13.8 Å². The number of aryl methyl sites for hydroxylation is 2. The molecule has 1 saturated carbocycles. The predicted octanol–water partition coefficient (Wildman–Crippen LogP) is 2.24. The third kappa shape index (κ3) is 4.26. The highest BCUT2D eigenvalue weighted by Crippen LogP contribution is 2.24. The minimum Gasteiger partial charge on any atom is -0.447 e. The van der Waals surface area contributed by atoms with Gasteiger partial charge in [0.15, 0.2) is 0 Å². The maximum absolute atomic E-state index is 12.6. The molecule has 2 heterocycles. The number of aromatic nitrogens is 4. The number of rotatable bonds is 7. The van der Waals surface area contributed by atoms with Crippen LogP contribution >= 0.6 is 0 Å². The molecule has 0 unspecified atom stereocenters. The lowest BCUT2D eigenvalue weighted by Crippen LogP contribution is -2.33. The van der Waals surface area contributed by atoms with Gasteiger partial charge in [0.2, 0.25) is 6.10 Å². The minimum atomic E-state index is -0.942. The van der Waals surface area contributed by atoms with Gasteiger partial charge in [-0.25, -0.2) is 9.50 Å². The van der Waals surface area contributed by atoms with Gasteiger partial charge in [-0.2, -0.15) is 10.1 Å². The molecule has 1 fully saturated rings. The van der Waals surface area contributed by atoms with Crippen LogP contribution in [0.4, 0.5) is 0 Å². The Morgan fingerprint density at radius 3 is 2.72 bits per heavy atom. The largest absolute Gasteiger partial charge is 0.447 e. The molecule has 1 aliphatic rings. The molecule has 8 nitrogen and oxygen atoms in total. The van der Waals surface area contributed by atoms with Gasteiger partial charge in [-0.05, 0) is 38.7 Å². The fraction of sp³-hybridized carbons (Fsp3) is 0.381. The van der Waals surface area contributed by atoms with Crippen molar-refractivity contribution >= 4 is 17.7 Å². The number of amides is 1. The van der Waals surface area contributed by atoms with Crippen LogP contribution in [0.2, 0.25) is 0 Å². The molecule has 29 heavy (non-hydrogen) atoms. The molecular weight excluding hydrogens is 370 g/mol. The number of fused-ring (bicyclic) bond motifs is 1. The molecule has 1 aromatic carbocycles. The van der Waals surface area contributed by atoms with Crippen LogP contribution in [0.1, 0.15) is 47.9 Å². The summed E-state index contributed by atoms with van der Waals surface area (Å²) in [5.41, 5.74) is 3.29. The Hall–Kier alpha value is -3.29. The Bertz CT molecular complexity index is 1040. The lowest BCUT2D eigenvalue weighted by Gasteiger charge is -2.18. The van der Waals surface area contributed by atoms with Gasteiger partial charge in [0, 0.05) is 29.4 Å². The number of carbonyl (C=O) groups is 2. The second kappa shape index (κ2) is 7.98. The molecule has 1 N–H and O–H groups in total. The van der Waals surface area contributed by atoms with Gasteiger partial charge < -0.3 is 10.1 Å². The van der Waals surface area contributed by atoms with Gasteiger partial charge in [-0.1, -0.05) is 30.3 Å². The zero-order valence-electron chi connectivity index (χ0n) is 16.5. The fourth-order valence-corrected chi connectivity index (χ4v) is 3.34. The first-order valence-electron chi connectivity index (χ1n) is 9.73. The van der Waals surface area contributed by atoms with Crippen LogP contribution in [-0.2, 0) is 20.7 Å². The van der Waals surface area contributed by atoms with Gasteiger partial charge in [-0.3, -0.25) is 9.59 Å². The third-order valence-corrected chi connectivity index (χ3v) is 5.08. The van der Waals surface area contributed by atoms with Crippen LogP contribution < -0.4 is 5.32 Å². The van der Waals surface area contributed by atoms with Crippen LogP contribution in [-0.4, -0.2) is 37.5 Å². The maximum Gasteiger partial charge on any atom is 0.307 e. The highest BCUT2D eigenvalue weighted by atomic mass is 16.5. The molecule has 4 rings (SSSR count). The van der Waals surface area contributed by atoms with E-state index < -0.39 is 12.1 Å². The molecule has 150 valence electrons. The monoisotopic (exact) mass is 393 g/mol. The van der Waals surface area contributed by atoms with E-state index in [1.807, 2.05) is 32.0 Å². The van der Waals surface area contributed by atoms with Crippen molar-refractivity contribution in [3.05, 3.63) is 59.2 Å². The molecule has 8 heteroatoms. The lowest BCUT2D eigenvalue weighted by atomic mass is 10.1. The number of carbonyl (C=O) groups excluding carboxylic acids is 2. The molecule has 0 radical (unpaired) electrons. The molecule has 0 spiro atoms. The topological polar surface area (TPSA) is 98.5 Å². The van der Waals surface area contributed by atoms with Crippen LogP contribution in [0.25, 0.3) is 5.78 Å². The van der Waals surface area contributed by atoms with E-state index in [-0.39, 0.29) is 18.4 Å². The number of benzene rings is 1. The zero-order valence-corrected chi connectivity index (χ0v) is 16.5. The number of esters is 1. The summed E-state index contributed by atoms with van der Waals surface area (Å²) in [6, 6.07) is 9.29. The first-order valence-corrected chi connectivity index (χ1v) is 9.73. The smallest absolute Gasteiger partial charge is 0.307 e. The average Bonchev–Trinajstić information content (AvgIpc) is 3.40. The summed E-state index contributed by atoms with van der Waals surface area (Å²) in [6.45, 7) is 3.81. The van der Waals surface area contributed by atoms with Gasteiger partial charge in [0.1, 0.15) is 6.33 Å². The van der Waals surface area contributed by atoms with Gasteiger partial charge in [-0.15, -0.1) is 0 Å². The summed E-state index contributed by atoms with van der Waals surface area (Å²) in [5.74, 6) is -0.167. The van der Waals surface area contributed by atoms with Crippen molar-refractivity contribution in [2.75, 3.05) is 0 Å². The van der Waals surface area contributed by atoms with Crippen molar-refractivity contribution in [1.82, 2.24) is 24.9 Å². The fourth-order valence-electron chi connectivity index (χ4n) is 3.34. The average molecular weight is 393 g/mol. The Labute approximate surface area is 168 Å². The van der Waals surface area contributed by atoms with E-state index in [2.05, 4.69) is 20.4 Å². The van der Waals surface area contributed by atoms with E-state index in [1.54, 1.807) is 16.6 Å². The molecule has 1 aliphatic carbocycles. The molecule has 0 bridgehead atoms. The third-order valence-electron chi connectivity index (χ3n) is 5.08. The number of hydrogen-bond acceptors (Lipinski definition) is 6. The number of ether oxygens (including phenoxy) is 1. The van der Waals surface area contributed by atoms with Crippen molar-refractivity contribution in [2.24, 2.45) is 0 Å². The predicted molar refractivity (Wildman–Crippen MR) is 105 cm³/mol. The maximum atomic E-state index is 12.6. The summed E-state index contributed by atoms with van der Waals surface area (Å²) in [4.78, 5) is 33.7. The Kier molecular flexibility index (Phi) is 5.24. The summed E-state index contributed by atoms with van der Waals surface area (Å²) >= 11 is 0. The SMILES string of the molecule is Cc1nc2ncnn2c(C)c1CCC(=O)O[C@@H](C(=O)NC1CC1)c1ccccc1. The van der Waals surface area contributed by atoms with Gasteiger partial charge in [0.05, 0.1) is 0 Å². The van der Waals surface area contributed by atoms with Crippen molar-refractivity contribution in [1.29, 1.82) is 0 Å². The summed E-state index contributed by atoms with van der Waals surface area (Å²) in [5, 5.41) is 7.09. The van der Waals surface area contributed by atoms with E-state index in [9.17, 15) is 9.59 Å². The molecule has 0 aliphatic heterocycles. The van der Waals surface area contributed by atoms with Crippen molar-refractivity contribution < 1.29 is 14.3 Å². The molecule has 1 atom stereocenters. The molecule has 3 aromatic rings. The number of hydrogen-bond donors (Lipinski definition) is 1. The standard InChI is InChI=1S/C21H23N5O3/c1-13-17(14(2)26-21(24-13)22-12-23-26)10-11-18(27)29-19(15-6-4-3-5-7-15)20(28)25-16-8-9-16/h3-7,12,16,19H,8-11H2,1-2H3,(H,25,28)/t19-/m1/s1. The van der Waals surface area contributed by atoms with Crippen molar-refractivity contribution in [2.45, 2.75) is 51.7 Å². The zero-order chi connectivity index (χ0) is 20.4. The summed E-state index contributed by atoms with van der Waals surface area (Å²) < 4.78 is 7.25. The van der Waals surface area contributed by atoms with Gasteiger partial charge >= 0.3 is 5.97 Å². The second-order valence-corrected chi connectivity index (χ2v) is 7.30. The number of nitrogens with zero attached hydrogens (tertiary/aromatic N) is 4. The van der Waals surface area contributed by atoms with E-state index in [0.29, 0.717) is 17.8 Å².